The summed E-state index contributed by atoms with van der Waals surface area (Å²) in [5.41, 5.74) is -0.0501. The van der Waals surface area contributed by atoms with Crippen LogP contribution in [-0.4, -0.2) is 35.5 Å². The molecule has 1 aromatic rings. The van der Waals surface area contributed by atoms with Crippen LogP contribution in [0.4, 0.5) is 17.1 Å². The van der Waals surface area contributed by atoms with Crippen LogP contribution in [0.3, 0.4) is 0 Å². The number of hydrogen-bond acceptors (Lipinski definition) is 6. The molecule has 1 aliphatic rings. The third-order valence-electron chi connectivity index (χ3n) is 3.08. The van der Waals surface area contributed by atoms with Crippen LogP contribution in [0.5, 0.6) is 0 Å². The number of rotatable bonds is 3. The molecule has 0 saturated carbocycles. The fourth-order valence-corrected chi connectivity index (χ4v) is 2.19. The highest BCUT2D eigenvalue weighted by atomic mass is 16.6. The number of nitro groups is 2. The zero-order valence-corrected chi connectivity index (χ0v) is 10.4. The summed E-state index contributed by atoms with van der Waals surface area (Å²) in [6.07, 6.45) is 0. The quantitative estimate of drug-likeness (QED) is 0.653. The molecule has 2 rings (SSSR count). The lowest BCUT2D eigenvalue weighted by Gasteiger charge is -2.33. The van der Waals surface area contributed by atoms with E-state index >= 15 is 0 Å². The molecule has 1 unspecified atom stereocenters. The first-order chi connectivity index (χ1) is 8.99. The molecule has 8 heteroatoms. The lowest BCUT2D eigenvalue weighted by molar-refractivity contribution is -0.393. The van der Waals surface area contributed by atoms with Gasteiger partial charge in [-0.2, -0.15) is 0 Å². The van der Waals surface area contributed by atoms with Crippen molar-refractivity contribution in [1.29, 1.82) is 0 Å². The minimum Gasteiger partial charge on any atom is -0.363 e. The highest BCUT2D eigenvalue weighted by Gasteiger charge is 2.25. The third-order valence-corrected chi connectivity index (χ3v) is 3.08. The standard InChI is InChI=1S/C11H14N4O4/c1-8-7-13(5-4-12-8)10-3-2-9(14(16)17)6-11(10)15(18)19/h2-3,6,8,12H,4-5,7H2,1H3. The van der Waals surface area contributed by atoms with Gasteiger partial charge in [0.15, 0.2) is 0 Å². The summed E-state index contributed by atoms with van der Waals surface area (Å²) in [4.78, 5) is 22.4. The van der Waals surface area contributed by atoms with Gasteiger partial charge >= 0.3 is 0 Å². The van der Waals surface area contributed by atoms with Gasteiger partial charge in [-0.15, -0.1) is 0 Å². The Bertz CT molecular complexity index is 519. The molecule has 1 fully saturated rings. The highest BCUT2D eigenvalue weighted by molar-refractivity contribution is 5.67. The predicted octanol–water partition coefficient (Wildman–Crippen LogP) is 1.30. The Morgan fingerprint density at radius 1 is 1.32 bits per heavy atom. The van der Waals surface area contributed by atoms with E-state index < -0.39 is 9.85 Å². The first kappa shape index (κ1) is 13.2. The van der Waals surface area contributed by atoms with Gasteiger partial charge in [0.2, 0.25) is 0 Å². The zero-order chi connectivity index (χ0) is 14.0. The van der Waals surface area contributed by atoms with E-state index in [1.165, 1.54) is 12.1 Å². The van der Waals surface area contributed by atoms with Crippen LogP contribution in [0.25, 0.3) is 0 Å². The van der Waals surface area contributed by atoms with E-state index in [0.29, 0.717) is 18.8 Å². The van der Waals surface area contributed by atoms with E-state index in [1.54, 1.807) is 0 Å². The van der Waals surface area contributed by atoms with Crippen molar-refractivity contribution in [1.82, 2.24) is 5.32 Å². The average Bonchev–Trinajstić information content (AvgIpc) is 2.37. The molecule has 1 N–H and O–H groups in total. The number of anilines is 1. The molecule has 19 heavy (non-hydrogen) atoms. The second-order valence-electron chi connectivity index (χ2n) is 4.49. The first-order valence-corrected chi connectivity index (χ1v) is 5.90. The molecule has 0 amide bonds. The molecular formula is C11H14N4O4. The minimum atomic E-state index is -0.628. The Morgan fingerprint density at radius 3 is 2.63 bits per heavy atom. The van der Waals surface area contributed by atoms with Crippen LogP contribution < -0.4 is 10.2 Å². The van der Waals surface area contributed by atoms with Crippen molar-refractivity contribution in [2.24, 2.45) is 0 Å². The summed E-state index contributed by atoms with van der Waals surface area (Å²) in [6, 6.07) is 3.99. The number of nitro benzene ring substituents is 2. The maximum absolute atomic E-state index is 11.1. The lowest BCUT2D eigenvalue weighted by atomic mass is 10.1. The van der Waals surface area contributed by atoms with E-state index in [1.807, 2.05) is 11.8 Å². The van der Waals surface area contributed by atoms with Gasteiger partial charge < -0.3 is 10.2 Å². The monoisotopic (exact) mass is 266 g/mol. The van der Waals surface area contributed by atoms with Gasteiger partial charge in [-0.1, -0.05) is 0 Å². The fourth-order valence-electron chi connectivity index (χ4n) is 2.19. The van der Waals surface area contributed by atoms with Crippen molar-refractivity contribution in [3.8, 4) is 0 Å². The van der Waals surface area contributed by atoms with Crippen molar-refractivity contribution in [3.05, 3.63) is 38.4 Å². The van der Waals surface area contributed by atoms with Gasteiger partial charge in [0.1, 0.15) is 5.69 Å². The number of benzene rings is 1. The smallest absolute Gasteiger partial charge is 0.299 e. The van der Waals surface area contributed by atoms with E-state index in [0.717, 1.165) is 12.6 Å². The van der Waals surface area contributed by atoms with Crippen molar-refractivity contribution in [2.45, 2.75) is 13.0 Å². The average molecular weight is 266 g/mol. The molecule has 1 aliphatic heterocycles. The molecule has 0 radical (unpaired) electrons. The largest absolute Gasteiger partial charge is 0.363 e. The molecule has 1 heterocycles. The Labute approximate surface area is 109 Å². The van der Waals surface area contributed by atoms with Crippen LogP contribution in [0, 0.1) is 20.2 Å². The molecule has 1 saturated heterocycles. The molecule has 1 aromatic carbocycles. The Balaban J connectivity index is 2.38. The number of nitrogens with one attached hydrogen (secondary N) is 1. The van der Waals surface area contributed by atoms with Gasteiger partial charge in [0.25, 0.3) is 11.4 Å². The molecule has 0 bridgehead atoms. The summed E-state index contributed by atoms with van der Waals surface area (Å²) in [7, 11) is 0. The Hall–Kier alpha value is -2.22. The van der Waals surface area contributed by atoms with Crippen LogP contribution in [0.15, 0.2) is 18.2 Å². The molecule has 0 spiro atoms. The Morgan fingerprint density at radius 2 is 2.05 bits per heavy atom. The summed E-state index contributed by atoms with van der Waals surface area (Å²) in [5.74, 6) is 0. The normalized spacial score (nSPS) is 19.2. The third kappa shape index (κ3) is 2.79. The van der Waals surface area contributed by atoms with Crippen molar-refractivity contribution >= 4 is 17.1 Å². The van der Waals surface area contributed by atoms with E-state index in [9.17, 15) is 20.2 Å². The lowest BCUT2D eigenvalue weighted by Crippen LogP contribution is -2.49. The molecule has 1 atom stereocenters. The van der Waals surface area contributed by atoms with E-state index in [2.05, 4.69) is 5.32 Å². The zero-order valence-electron chi connectivity index (χ0n) is 10.4. The topological polar surface area (TPSA) is 102 Å². The van der Waals surface area contributed by atoms with Crippen LogP contribution >= 0.6 is 0 Å². The van der Waals surface area contributed by atoms with Crippen LogP contribution in [-0.2, 0) is 0 Å². The number of non-ortho nitro benzene ring substituents is 1. The summed E-state index contributed by atoms with van der Waals surface area (Å²) in [6.45, 7) is 4.00. The SMILES string of the molecule is CC1CN(c2ccc([N+](=O)[O-])cc2[N+](=O)[O-])CCN1. The summed E-state index contributed by atoms with van der Waals surface area (Å²) in [5, 5.41) is 25.0. The highest BCUT2D eigenvalue weighted by Crippen LogP contribution is 2.32. The van der Waals surface area contributed by atoms with Gasteiger partial charge in [-0.3, -0.25) is 20.2 Å². The molecule has 8 nitrogen and oxygen atoms in total. The summed E-state index contributed by atoms with van der Waals surface area (Å²) < 4.78 is 0. The molecule has 0 aromatic heterocycles. The van der Waals surface area contributed by atoms with Crippen LogP contribution in [0.1, 0.15) is 6.92 Å². The number of hydrogen-bond donors (Lipinski definition) is 1. The van der Waals surface area contributed by atoms with Crippen molar-refractivity contribution < 1.29 is 9.85 Å². The van der Waals surface area contributed by atoms with Gasteiger partial charge in [0.05, 0.1) is 15.9 Å². The predicted molar refractivity (Wildman–Crippen MR) is 69.4 cm³/mol. The second kappa shape index (κ2) is 5.19. The molecule has 102 valence electrons. The maximum atomic E-state index is 11.1. The number of nitrogens with zero attached hydrogens (tertiary/aromatic N) is 3. The molecule has 0 aliphatic carbocycles. The van der Waals surface area contributed by atoms with Crippen molar-refractivity contribution in [2.75, 3.05) is 24.5 Å². The Kier molecular flexibility index (Phi) is 3.61. The van der Waals surface area contributed by atoms with Crippen molar-refractivity contribution in [3.63, 3.8) is 0 Å². The van der Waals surface area contributed by atoms with E-state index in [-0.39, 0.29) is 17.4 Å². The van der Waals surface area contributed by atoms with Gasteiger partial charge in [0, 0.05) is 31.7 Å². The maximum Gasteiger partial charge on any atom is 0.299 e. The van der Waals surface area contributed by atoms with Gasteiger partial charge in [-0.25, -0.2) is 0 Å². The molecular weight excluding hydrogens is 252 g/mol. The first-order valence-electron chi connectivity index (χ1n) is 5.90. The second-order valence-corrected chi connectivity index (χ2v) is 4.49. The number of piperazine rings is 1. The van der Waals surface area contributed by atoms with E-state index in [4.69, 9.17) is 0 Å². The van der Waals surface area contributed by atoms with Crippen LogP contribution in [0.2, 0.25) is 0 Å². The minimum absolute atomic E-state index is 0.219. The van der Waals surface area contributed by atoms with Gasteiger partial charge in [-0.05, 0) is 13.0 Å². The fraction of sp³-hybridized carbons (Fsp3) is 0.455. The summed E-state index contributed by atoms with van der Waals surface area (Å²) >= 11 is 0.